The van der Waals surface area contributed by atoms with Crippen molar-refractivity contribution >= 4 is 17.7 Å². The quantitative estimate of drug-likeness (QED) is 0.811. The second-order valence-corrected chi connectivity index (χ2v) is 5.99. The number of thioether (sulfide) groups is 1. The summed E-state index contributed by atoms with van der Waals surface area (Å²) >= 11 is 1.55. The standard InChI is InChI=1S/C16H20FNOS/c17-15-8-6-14(7-9-15)11-20-12-16(19)18-10-13-4-2-1-3-5-13/h4,6-9H,1-3,5,10-12H2,(H,18,19). The highest BCUT2D eigenvalue weighted by Crippen LogP contribution is 2.16. The Balaban J connectivity index is 1.62. The molecule has 0 aliphatic heterocycles. The molecule has 1 aliphatic rings. The Labute approximate surface area is 123 Å². The summed E-state index contributed by atoms with van der Waals surface area (Å²) in [5.41, 5.74) is 2.40. The summed E-state index contributed by atoms with van der Waals surface area (Å²) in [5.74, 6) is 1.03. The van der Waals surface area contributed by atoms with E-state index < -0.39 is 0 Å². The number of carbonyl (C=O) groups is 1. The van der Waals surface area contributed by atoms with Crippen LogP contribution in [-0.4, -0.2) is 18.2 Å². The molecule has 108 valence electrons. The van der Waals surface area contributed by atoms with E-state index >= 15 is 0 Å². The first-order valence-electron chi connectivity index (χ1n) is 7.01. The topological polar surface area (TPSA) is 29.1 Å². The number of halogens is 1. The molecule has 20 heavy (non-hydrogen) atoms. The van der Waals surface area contributed by atoms with Gasteiger partial charge in [0.2, 0.25) is 5.91 Å². The summed E-state index contributed by atoms with van der Waals surface area (Å²) in [4.78, 5) is 11.7. The van der Waals surface area contributed by atoms with Gasteiger partial charge in [-0.3, -0.25) is 4.79 Å². The molecule has 0 spiro atoms. The van der Waals surface area contributed by atoms with Gasteiger partial charge < -0.3 is 5.32 Å². The molecule has 2 nitrogen and oxygen atoms in total. The average molecular weight is 293 g/mol. The molecular weight excluding hydrogens is 273 g/mol. The van der Waals surface area contributed by atoms with Gasteiger partial charge in [0.15, 0.2) is 0 Å². The van der Waals surface area contributed by atoms with Crippen LogP contribution in [0.4, 0.5) is 4.39 Å². The van der Waals surface area contributed by atoms with E-state index in [-0.39, 0.29) is 11.7 Å². The predicted octanol–water partition coefficient (Wildman–Crippen LogP) is 3.68. The van der Waals surface area contributed by atoms with Crippen LogP contribution in [0.2, 0.25) is 0 Å². The SMILES string of the molecule is O=C(CSCc1ccc(F)cc1)NCC1=CCCCC1. The lowest BCUT2D eigenvalue weighted by atomic mass is 10.00. The Morgan fingerprint density at radius 2 is 2.05 bits per heavy atom. The van der Waals surface area contributed by atoms with Crippen molar-refractivity contribution in [2.45, 2.75) is 31.4 Å². The number of amides is 1. The molecule has 2 rings (SSSR count). The fraction of sp³-hybridized carbons (Fsp3) is 0.438. The van der Waals surface area contributed by atoms with E-state index in [1.807, 2.05) is 0 Å². The fourth-order valence-corrected chi connectivity index (χ4v) is 2.99. The van der Waals surface area contributed by atoms with E-state index in [1.54, 1.807) is 23.9 Å². The van der Waals surface area contributed by atoms with Crippen molar-refractivity contribution < 1.29 is 9.18 Å². The van der Waals surface area contributed by atoms with Crippen molar-refractivity contribution in [1.29, 1.82) is 0 Å². The average Bonchev–Trinajstić information content (AvgIpc) is 2.48. The molecule has 1 aliphatic carbocycles. The van der Waals surface area contributed by atoms with Gasteiger partial charge in [0, 0.05) is 12.3 Å². The highest BCUT2D eigenvalue weighted by Gasteiger charge is 2.06. The molecule has 0 bridgehead atoms. The molecule has 0 saturated heterocycles. The number of rotatable bonds is 6. The molecule has 0 saturated carbocycles. The maximum absolute atomic E-state index is 12.7. The van der Waals surface area contributed by atoms with E-state index in [0.717, 1.165) is 24.2 Å². The van der Waals surface area contributed by atoms with Crippen LogP contribution in [-0.2, 0) is 10.5 Å². The predicted molar refractivity (Wildman–Crippen MR) is 82.1 cm³/mol. The molecule has 0 aromatic heterocycles. The lowest BCUT2D eigenvalue weighted by Gasteiger charge is -2.13. The molecule has 1 aromatic carbocycles. The Kier molecular flexibility index (Phi) is 6.12. The van der Waals surface area contributed by atoms with Gasteiger partial charge in [-0.25, -0.2) is 4.39 Å². The van der Waals surface area contributed by atoms with Crippen LogP contribution < -0.4 is 5.32 Å². The minimum Gasteiger partial charge on any atom is -0.352 e. The molecule has 1 amide bonds. The lowest BCUT2D eigenvalue weighted by Crippen LogP contribution is -2.27. The molecule has 1 N–H and O–H groups in total. The molecule has 1 aromatic rings. The Hall–Kier alpha value is -1.29. The van der Waals surface area contributed by atoms with Crippen molar-refractivity contribution in [3.63, 3.8) is 0 Å². The van der Waals surface area contributed by atoms with Crippen LogP contribution >= 0.6 is 11.8 Å². The van der Waals surface area contributed by atoms with E-state index in [4.69, 9.17) is 0 Å². The molecule has 0 radical (unpaired) electrons. The van der Waals surface area contributed by atoms with Crippen LogP contribution in [0.3, 0.4) is 0 Å². The maximum atomic E-state index is 12.7. The third-order valence-corrected chi connectivity index (χ3v) is 4.32. The Morgan fingerprint density at radius 1 is 1.25 bits per heavy atom. The fourth-order valence-electron chi connectivity index (χ4n) is 2.17. The normalized spacial score (nSPS) is 14.8. The van der Waals surface area contributed by atoms with Crippen molar-refractivity contribution in [1.82, 2.24) is 5.32 Å². The van der Waals surface area contributed by atoms with Gasteiger partial charge in [0.1, 0.15) is 5.82 Å². The maximum Gasteiger partial charge on any atom is 0.230 e. The summed E-state index contributed by atoms with van der Waals surface area (Å²) in [7, 11) is 0. The second kappa shape index (κ2) is 8.10. The molecule has 0 heterocycles. The van der Waals surface area contributed by atoms with E-state index in [9.17, 15) is 9.18 Å². The van der Waals surface area contributed by atoms with Crippen LogP contribution in [0.15, 0.2) is 35.9 Å². The number of benzene rings is 1. The minimum atomic E-state index is -0.225. The van der Waals surface area contributed by atoms with Crippen LogP contribution in [0.5, 0.6) is 0 Å². The second-order valence-electron chi connectivity index (χ2n) is 5.00. The van der Waals surface area contributed by atoms with Crippen molar-refractivity contribution in [3.8, 4) is 0 Å². The number of hydrogen-bond acceptors (Lipinski definition) is 2. The third kappa shape index (κ3) is 5.37. The summed E-state index contributed by atoms with van der Waals surface area (Å²) in [5, 5.41) is 2.96. The Bertz CT molecular complexity index is 470. The first-order chi connectivity index (χ1) is 9.74. The largest absolute Gasteiger partial charge is 0.352 e. The number of allylic oxidation sites excluding steroid dienone is 1. The van der Waals surface area contributed by atoms with Gasteiger partial charge >= 0.3 is 0 Å². The van der Waals surface area contributed by atoms with Gasteiger partial charge in [-0.2, -0.15) is 0 Å². The van der Waals surface area contributed by atoms with Crippen molar-refractivity contribution in [2.24, 2.45) is 0 Å². The van der Waals surface area contributed by atoms with E-state index in [0.29, 0.717) is 12.3 Å². The number of hydrogen-bond donors (Lipinski definition) is 1. The van der Waals surface area contributed by atoms with Gasteiger partial charge in [-0.05, 0) is 43.4 Å². The molecular formula is C16H20FNOS. The number of carbonyl (C=O) groups excluding carboxylic acids is 1. The zero-order chi connectivity index (χ0) is 14.2. The highest BCUT2D eigenvalue weighted by atomic mass is 32.2. The Morgan fingerprint density at radius 3 is 2.75 bits per heavy atom. The summed E-state index contributed by atoms with van der Waals surface area (Å²) in [6, 6.07) is 6.41. The zero-order valence-electron chi connectivity index (χ0n) is 11.5. The van der Waals surface area contributed by atoms with Crippen LogP contribution in [0.25, 0.3) is 0 Å². The van der Waals surface area contributed by atoms with Gasteiger partial charge in [-0.15, -0.1) is 11.8 Å². The van der Waals surface area contributed by atoms with Gasteiger partial charge in [-0.1, -0.05) is 23.8 Å². The third-order valence-electron chi connectivity index (χ3n) is 3.31. The first kappa shape index (κ1) is 15.1. The number of nitrogens with one attached hydrogen (secondary N) is 1. The molecule has 0 atom stereocenters. The monoisotopic (exact) mass is 293 g/mol. The summed E-state index contributed by atoms with van der Waals surface area (Å²) in [6.45, 7) is 0.690. The van der Waals surface area contributed by atoms with Crippen molar-refractivity contribution in [3.05, 3.63) is 47.3 Å². The zero-order valence-corrected chi connectivity index (χ0v) is 12.3. The smallest absolute Gasteiger partial charge is 0.230 e. The van der Waals surface area contributed by atoms with E-state index in [1.165, 1.54) is 30.5 Å². The molecule has 4 heteroatoms. The first-order valence-corrected chi connectivity index (χ1v) is 8.16. The van der Waals surface area contributed by atoms with Crippen LogP contribution in [0.1, 0.15) is 31.2 Å². The van der Waals surface area contributed by atoms with Gasteiger partial charge in [0.25, 0.3) is 0 Å². The van der Waals surface area contributed by atoms with Crippen molar-refractivity contribution in [2.75, 3.05) is 12.3 Å². The highest BCUT2D eigenvalue weighted by molar-refractivity contribution is 7.99. The molecule has 0 unspecified atom stereocenters. The minimum absolute atomic E-state index is 0.0728. The molecule has 0 fully saturated rings. The summed E-state index contributed by atoms with van der Waals surface area (Å²) in [6.07, 6.45) is 7.01. The van der Waals surface area contributed by atoms with E-state index in [2.05, 4.69) is 11.4 Å². The lowest BCUT2D eigenvalue weighted by molar-refractivity contribution is -0.118. The van der Waals surface area contributed by atoms with Crippen LogP contribution in [0, 0.1) is 5.82 Å². The summed E-state index contributed by atoms with van der Waals surface area (Å²) < 4.78 is 12.7. The van der Waals surface area contributed by atoms with Gasteiger partial charge in [0.05, 0.1) is 5.75 Å².